The van der Waals surface area contributed by atoms with Crippen molar-refractivity contribution in [2.75, 3.05) is 32.5 Å². The summed E-state index contributed by atoms with van der Waals surface area (Å²) in [6, 6.07) is 1.85. The molecule has 1 aliphatic rings. The maximum absolute atomic E-state index is 5.91. The van der Waals surface area contributed by atoms with Crippen molar-refractivity contribution in [2.45, 2.75) is 25.9 Å². The predicted molar refractivity (Wildman–Crippen MR) is 67.5 cm³/mol. The number of aromatic nitrogens is 2. The average Bonchev–Trinajstić information content (AvgIpc) is 2.31. The summed E-state index contributed by atoms with van der Waals surface area (Å²) in [4.78, 5) is 10.9. The third-order valence-corrected chi connectivity index (χ3v) is 3.02. The molecule has 1 saturated heterocycles. The molecule has 5 nitrogen and oxygen atoms in total. The monoisotopic (exact) mass is 236 g/mol. The summed E-state index contributed by atoms with van der Waals surface area (Å²) < 4.78 is 5.91. The number of piperidine rings is 1. The van der Waals surface area contributed by atoms with Crippen LogP contribution in [0, 0.1) is 6.92 Å². The summed E-state index contributed by atoms with van der Waals surface area (Å²) in [7, 11) is 3.99. The van der Waals surface area contributed by atoms with Gasteiger partial charge in [0.2, 0.25) is 5.88 Å². The van der Waals surface area contributed by atoms with Gasteiger partial charge in [0.05, 0.1) is 0 Å². The van der Waals surface area contributed by atoms with E-state index in [0.29, 0.717) is 5.88 Å². The number of likely N-dealkylation sites (tertiary alicyclic amines) is 1. The van der Waals surface area contributed by atoms with Crippen molar-refractivity contribution in [2.24, 2.45) is 0 Å². The van der Waals surface area contributed by atoms with E-state index in [2.05, 4.69) is 27.2 Å². The highest BCUT2D eigenvalue weighted by Gasteiger charge is 2.18. The summed E-state index contributed by atoms with van der Waals surface area (Å²) in [6.07, 6.45) is 2.41. The van der Waals surface area contributed by atoms with Crippen LogP contribution in [0.1, 0.15) is 18.7 Å². The average molecular weight is 236 g/mol. The van der Waals surface area contributed by atoms with Crippen LogP contribution in [0.3, 0.4) is 0 Å². The normalized spacial score (nSPS) is 18.1. The van der Waals surface area contributed by atoms with Crippen LogP contribution in [0.5, 0.6) is 5.88 Å². The maximum Gasteiger partial charge on any atom is 0.218 e. The molecule has 5 heteroatoms. The largest absolute Gasteiger partial charge is 0.474 e. The zero-order chi connectivity index (χ0) is 12.3. The fourth-order valence-electron chi connectivity index (χ4n) is 2.00. The predicted octanol–water partition coefficient (Wildman–Crippen LogP) is 1.30. The van der Waals surface area contributed by atoms with Crippen molar-refractivity contribution in [1.29, 1.82) is 0 Å². The molecule has 0 aliphatic carbocycles. The first-order chi connectivity index (χ1) is 8.17. The molecule has 1 N–H and O–H groups in total. The van der Waals surface area contributed by atoms with Gasteiger partial charge in [-0.2, -0.15) is 4.98 Å². The third kappa shape index (κ3) is 3.30. The van der Waals surface area contributed by atoms with E-state index in [1.165, 1.54) is 0 Å². The Bertz CT molecular complexity index is 375. The Labute approximate surface area is 102 Å². The lowest BCUT2D eigenvalue weighted by Gasteiger charge is -2.29. The maximum atomic E-state index is 5.91. The van der Waals surface area contributed by atoms with E-state index < -0.39 is 0 Å². The Hall–Kier alpha value is -1.36. The minimum atomic E-state index is 0.283. The highest BCUT2D eigenvalue weighted by molar-refractivity contribution is 5.37. The van der Waals surface area contributed by atoms with E-state index in [1.807, 2.05) is 20.0 Å². The van der Waals surface area contributed by atoms with Gasteiger partial charge in [-0.15, -0.1) is 0 Å². The molecule has 2 rings (SSSR count). The lowest BCUT2D eigenvalue weighted by atomic mass is 10.1. The summed E-state index contributed by atoms with van der Waals surface area (Å²) >= 11 is 0. The van der Waals surface area contributed by atoms with Gasteiger partial charge in [-0.05, 0) is 26.8 Å². The van der Waals surface area contributed by atoms with E-state index in [-0.39, 0.29) is 6.10 Å². The van der Waals surface area contributed by atoms with Crippen LogP contribution in [-0.4, -0.2) is 48.2 Å². The first kappa shape index (κ1) is 12.1. The van der Waals surface area contributed by atoms with Gasteiger partial charge in [0.1, 0.15) is 17.7 Å². The first-order valence-corrected chi connectivity index (χ1v) is 6.06. The molecular weight excluding hydrogens is 216 g/mol. The second-order valence-electron chi connectivity index (χ2n) is 4.51. The van der Waals surface area contributed by atoms with Crippen LogP contribution in [0.2, 0.25) is 0 Å². The molecule has 0 saturated carbocycles. The van der Waals surface area contributed by atoms with Gasteiger partial charge in [0.25, 0.3) is 0 Å². The third-order valence-electron chi connectivity index (χ3n) is 3.02. The van der Waals surface area contributed by atoms with Gasteiger partial charge in [-0.25, -0.2) is 4.98 Å². The highest BCUT2D eigenvalue weighted by atomic mass is 16.5. The van der Waals surface area contributed by atoms with Crippen molar-refractivity contribution in [3.63, 3.8) is 0 Å². The smallest absolute Gasteiger partial charge is 0.218 e. The fraction of sp³-hybridized carbons (Fsp3) is 0.667. The minimum Gasteiger partial charge on any atom is -0.474 e. The second kappa shape index (κ2) is 5.31. The number of ether oxygens (including phenoxy) is 1. The molecule has 94 valence electrons. The van der Waals surface area contributed by atoms with Crippen LogP contribution in [0.25, 0.3) is 0 Å². The molecule has 17 heavy (non-hydrogen) atoms. The Balaban J connectivity index is 2.00. The summed E-state index contributed by atoms with van der Waals surface area (Å²) in [5, 5.41) is 3.01. The molecule has 0 atom stereocenters. The van der Waals surface area contributed by atoms with E-state index >= 15 is 0 Å². The van der Waals surface area contributed by atoms with Crippen LogP contribution >= 0.6 is 0 Å². The topological polar surface area (TPSA) is 50.3 Å². The zero-order valence-electron chi connectivity index (χ0n) is 10.7. The van der Waals surface area contributed by atoms with Crippen LogP contribution in [0.15, 0.2) is 6.07 Å². The van der Waals surface area contributed by atoms with Crippen molar-refractivity contribution < 1.29 is 4.74 Å². The van der Waals surface area contributed by atoms with Crippen molar-refractivity contribution in [1.82, 2.24) is 14.9 Å². The molecule has 0 bridgehead atoms. The number of nitrogens with one attached hydrogen (secondary N) is 1. The van der Waals surface area contributed by atoms with Gasteiger partial charge in [0.15, 0.2) is 0 Å². The molecule has 1 aromatic rings. The highest BCUT2D eigenvalue weighted by Crippen LogP contribution is 2.18. The van der Waals surface area contributed by atoms with Crippen molar-refractivity contribution >= 4 is 5.82 Å². The van der Waals surface area contributed by atoms with Gasteiger partial charge < -0.3 is 15.0 Å². The molecule has 0 aromatic carbocycles. The van der Waals surface area contributed by atoms with Crippen molar-refractivity contribution in [3.05, 3.63) is 11.9 Å². The molecule has 0 amide bonds. The SMILES string of the molecule is CNc1cc(OC2CCN(C)CC2)nc(C)n1. The molecule has 2 heterocycles. The zero-order valence-corrected chi connectivity index (χ0v) is 10.7. The molecule has 0 unspecified atom stereocenters. The number of hydrogen-bond donors (Lipinski definition) is 1. The van der Waals surface area contributed by atoms with Gasteiger partial charge in [0, 0.05) is 26.2 Å². The number of nitrogens with zero attached hydrogens (tertiary/aromatic N) is 3. The van der Waals surface area contributed by atoms with Crippen molar-refractivity contribution in [3.8, 4) is 5.88 Å². The van der Waals surface area contributed by atoms with E-state index in [9.17, 15) is 0 Å². The van der Waals surface area contributed by atoms with Gasteiger partial charge in [-0.3, -0.25) is 0 Å². The van der Waals surface area contributed by atoms with Crippen LogP contribution in [0.4, 0.5) is 5.82 Å². The fourth-order valence-corrected chi connectivity index (χ4v) is 2.00. The standard InChI is InChI=1S/C12H20N4O/c1-9-14-11(13-2)8-12(15-9)17-10-4-6-16(3)7-5-10/h8,10H,4-7H2,1-3H3,(H,13,14,15). The summed E-state index contributed by atoms with van der Waals surface area (Å²) in [5.74, 6) is 2.22. The Morgan fingerprint density at radius 1 is 1.35 bits per heavy atom. The quantitative estimate of drug-likeness (QED) is 0.857. The minimum absolute atomic E-state index is 0.283. The molecule has 1 fully saturated rings. The number of aryl methyl sites for hydroxylation is 1. The number of hydrogen-bond acceptors (Lipinski definition) is 5. The van der Waals surface area contributed by atoms with Crippen LogP contribution < -0.4 is 10.1 Å². The Morgan fingerprint density at radius 3 is 2.71 bits per heavy atom. The summed E-state index contributed by atoms with van der Waals surface area (Å²) in [5.41, 5.74) is 0. The molecule has 0 radical (unpaired) electrons. The van der Waals surface area contributed by atoms with E-state index in [4.69, 9.17) is 4.74 Å². The van der Waals surface area contributed by atoms with E-state index in [1.54, 1.807) is 0 Å². The Kier molecular flexibility index (Phi) is 3.78. The molecule has 1 aliphatic heterocycles. The molecular formula is C12H20N4O. The second-order valence-corrected chi connectivity index (χ2v) is 4.51. The first-order valence-electron chi connectivity index (χ1n) is 6.06. The lowest BCUT2D eigenvalue weighted by Crippen LogP contribution is -2.35. The molecule has 0 spiro atoms. The number of anilines is 1. The van der Waals surface area contributed by atoms with Gasteiger partial charge in [-0.1, -0.05) is 0 Å². The lowest BCUT2D eigenvalue weighted by molar-refractivity contribution is 0.110. The Morgan fingerprint density at radius 2 is 2.06 bits per heavy atom. The van der Waals surface area contributed by atoms with E-state index in [0.717, 1.165) is 37.6 Å². The molecule has 1 aromatic heterocycles. The van der Waals surface area contributed by atoms with Gasteiger partial charge >= 0.3 is 0 Å². The number of rotatable bonds is 3. The summed E-state index contributed by atoms with van der Waals surface area (Å²) in [6.45, 7) is 4.06. The van der Waals surface area contributed by atoms with Crippen LogP contribution in [-0.2, 0) is 0 Å².